The number of hydrogen-bond donors (Lipinski definition) is 1. The summed E-state index contributed by atoms with van der Waals surface area (Å²) < 4.78 is 30.7. The molecule has 1 heterocycles. The van der Waals surface area contributed by atoms with Gasteiger partial charge in [0.05, 0.1) is 11.6 Å². The second-order valence-electron chi connectivity index (χ2n) is 3.89. The summed E-state index contributed by atoms with van der Waals surface area (Å²) in [4.78, 5) is 11.6. The summed E-state index contributed by atoms with van der Waals surface area (Å²) in [5, 5.41) is 10.2. The molecule has 0 saturated carbocycles. The largest absolute Gasteiger partial charge is 0.484 e. The average Bonchev–Trinajstić information content (AvgIpc) is 3.00. The van der Waals surface area contributed by atoms with Crippen molar-refractivity contribution < 1.29 is 17.9 Å². The molecule has 0 fully saturated rings. The zero-order chi connectivity index (χ0) is 15.3. The molecular formula is C13H10N2O4S2. The van der Waals surface area contributed by atoms with Crippen molar-refractivity contribution in [2.24, 2.45) is 0 Å². The number of nitrogens with zero attached hydrogens (tertiary/aromatic N) is 1. The van der Waals surface area contributed by atoms with E-state index in [2.05, 4.69) is 0 Å². The van der Waals surface area contributed by atoms with Gasteiger partial charge in [0.1, 0.15) is 9.96 Å². The number of ether oxygens (including phenoxy) is 1. The van der Waals surface area contributed by atoms with Crippen molar-refractivity contribution in [1.29, 1.82) is 5.26 Å². The Bertz CT molecular complexity index is 760. The molecule has 0 spiro atoms. The fourth-order valence-corrected chi connectivity index (χ4v) is 3.38. The van der Waals surface area contributed by atoms with Gasteiger partial charge >= 0.3 is 0 Å². The molecule has 1 amide bonds. The number of benzene rings is 1. The highest BCUT2D eigenvalue weighted by Crippen LogP contribution is 2.15. The predicted molar refractivity (Wildman–Crippen MR) is 76.3 cm³/mol. The standard InChI is InChI=1S/C13H10N2O4S2/c14-8-10-3-5-11(6-4-10)19-9-12(16)15-21(17,18)13-2-1-7-20-13/h1-7H,9H2,(H,15,16). The van der Waals surface area contributed by atoms with Gasteiger partial charge in [0.25, 0.3) is 15.9 Å². The van der Waals surface area contributed by atoms with Crippen LogP contribution in [0.1, 0.15) is 5.56 Å². The van der Waals surface area contributed by atoms with E-state index in [4.69, 9.17) is 10.00 Å². The van der Waals surface area contributed by atoms with Crippen molar-refractivity contribution in [3.8, 4) is 11.8 Å². The summed E-state index contributed by atoms with van der Waals surface area (Å²) in [5.74, 6) is -0.398. The number of carbonyl (C=O) groups is 1. The lowest BCUT2D eigenvalue weighted by atomic mass is 10.2. The van der Waals surface area contributed by atoms with E-state index in [0.29, 0.717) is 11.3 Å². The maximum absolute atomic E-state index is 11.8. The molecule has 8 heteroatoms. The summed E-state index contributed by atoms with van der Waals surface area (Å²) in [6.45, 7) is -0.434. The van der Waals surface area contributed by atoms with Gasteiger partial charge in [-0.3, -0.25) is 4.79 Å². The molecule has 1 N–H and O–H groups in total. The highest BCUT2D eigenvalue weighted by Gasteiger charge is 2.18. The molecule has 0 aliphatic carbocycles. The fraction of sp³-hybridized carbons (Fsp3) is 0.0769. The highest BCUT2D eigenvalue weighted by atomic mass is 32.2. The summed E-state index contributed by atoms with van der Waals surface area (Å²) in [7, 11) is -3.84. The van der Waals surface area contributed by atoms with Crippen molar-refractivity contribution in [2.45, 2.75) is 4.21 Å². The zero-order valence-electron chi connectivity index (χ0n) is 10.6. The van der Waals surface area contributed by atoms with Crippen LogP contribution in [0.15, 0.2) is 46.0 Å². The molecule has 0 bridgehead atoms. The van der Waals surface area contributed by atoms with Crippen LogP contribution in [0.25, 0.3) is 0 Å². The van der Waals surface area contributed by atoms with Gasteiger partial charge in [0.2, 0.25) is 0 Å². The van der Waals surface area contributed by atoms with Crippen molar-refractivity contribution >= 4 is 27.3 Å². The number of hydrogen-bond acceptors (Lipinski definition) is 6. The Kier molecular flexibility index (Phi) is 4.57. The second-order valence-corrected chi connectivity index (χ2v) is 6.74. The molecule has 0 unspecified atom stereocenters. The molecule has 0 aliphatic heterocycles. The van der Waals surface area contributed by atoms with Gasteiger partial charge in [-0.25, -0.2) is 13.1 Å². The molecule has 2 aromatic rings. The minimum absolute atomic E-state index is 0.0641. The first-order chi connectivity index (χ1) is 10.0. The van der Waals surface area contributed by atoms with E-state index in [1.807, 2.05) is 10.8 Å². The monoisotopic (exact) mass is 322 g/mol. The van der Waals surface area contributed by atoms with Gasteiger partial charge in [-0.15, -0.1) is 11.3 Å². The van der Waals surface area contributed by atoms with Gasteiger partial charge < -0.3 is 4.74 Å². The van der Waals surface area contributed by atoms with Crippen LogP contribution in [-0.4, -0.2) is 20.9 Å². The van der Waals surface area contributed by atoms with Gasteiger partial charge in [0, 0.05) is 0 Å². The Morgan fingerprint density at radius 2 is 2.00 bits per heavy atom. The van der Waals surface area contributed by atoms with Gasteiger partial charge in [-0.05, 0) is 35.7 Å². The fourth-order valence-electron chi connectivity index (χ4n) is 1.42. The quantitative estimate of drug-likeness (QED) is 0.900. The Morgan fingerprint density at radius 1 is 1.29 bits per heavy atom. The van der Waals surface area contributed by atoms with Crippen LogP contribution >= 0.6 is 11.3 Å². The molecule has 6 nitrogen and oxygen atoms in total. The molecular weight excluding hydrogens is 312 g/mol. The van der Waals surface area contributed by atoms with Gasteiger partial charge in [-0.2, -0.15) is 5.26 Å². The summed E-state index contributed by atoms with van der Waals surface area (Å²) in [5.41, 5.74) is 0.465. The summed E-state index contributed by atoms with van der Waals surface area (Å²) >= 11 is 1.02. The minimum Gasteiger partial charge on any atom is -0.484 e. The average molecular weight is 322 g/mol. The van der Waals surface area contributed by atoms with E-state index in [0.717, 1.165) is 11.3 Å². The van der Waals surface area contributed by atoms with E-state index in [9.17, 15) is 13.2 Å². The van der Waals surface area contributed by atoms with Crippen LogP contribution in [0.5, 0.6) is 5.75 Å². The van der Waals surface area contributed by atoms with Crippen molar-refractivity contribution in [3.05, 3.63) is 47.3 Å². The number of amides is 1. The first-order valence-corrected chi connectivity index (χ1v) is 8.10. The van der Waals surface area contributed by atoms with E-state index in [1.165, 1.54) is 30.3 Å². The second kappa shape index (κ2) is 6.39. The number of nitriles is 1. The minimum atomic E-state index is -3.84. The Labute approximate surface area is 125 Å². The van der Waals surface area contributed by atoms with Crippen LogP contribution in [0.3, 0.4) is 0 Å². The molecule has 0 radical (unpaired) electrons. The number of nitrogens with one attached hydrogen (secondary N) is 1. The van der Waals surface area contributed by atoms with Crippen molar-refractivity contribution in [2.75, 3.05) is 6.61 Å². The van der Waals surface area contributed by atoms with Crippen molar-refractivity contribution in [1.82, 2.24) is 4.72 Å². The van der Waals surface area contributed by atoms with Crippen LogP contribution < -0.4 is 9.46 Å². The number of carbonyl (C=O) groups excluding carboxylic acids is 1. The first kappa shape index (κ1) is 15.0. The molecule has 1 aromatic carbocycles. The van der Waals surface area contributed by atoms with E-state index >= 15 is 0 Å². The number of sulfonamides is 1. The van der Waals surface area contributed by atoms with Crippen LogP contribution in [-0.2, 0) is 14.8 Å². The van der Waals surface area contributed by atoms with Crippen LogP contribution in [0.2, 0.25) is 0 Å². The third-order valence-corrected chi connectivity index (χ3v) is 5.13. The maximum Gasteiger partial charge on any atom is 0.273 e. The van der Waals surface area contributed by atoms with Gasteiger partial charge in [-0.1, -0.05) is 6.07 Å². The number of thiophene rings is 1. The molecule has 0 atom stereocenters. The molecule has 0 saturated heterocycles. The smallest absolute Gasteiger partial charge is 0.273 e. The zero-order valence-corrected chi connectivity index (χ0v) is 12.3. The SMILES string of the molecule is N#Cc1ccc(OCC(=O)NS(=O)(=O)c2cccs2)cc1. The topological polar surface area (TPSA) is 96.3 Å². The molecule has 21 heavy (non-hydrogen) atoms. The van der Waals surface area contributed by atoms with Crippen molar-refractivity contribution in [3.63, 3.8) is 0 Å². The van der Waals surface area contributed by atoms with E-state index in [-0.39, 0.29) is 4.21 Å². The molecule has 1 aromatic heterocycles. The lowest BCUT2D eigenvalue weighted by molar-refractivity contribution is -0.121. The normalized spacial score (nSPS) is 10.6. The molecule has 108 valence electrons. The Hall–Kier alpha value is -2.37. The van der Waals surface area contributed by atoms with E-state index < -0.39 is 22.5 Å². The summed E-state index contributed by atoms with van der Waals surface area (Å²) in [6, 6.07) is 11.1. The first-order valence-electron chi connectivity index (χ1n) is 5.73. The summed E-state index contributed by atoms with van der Waals surface area (Å²) in [6.07, 6.45) is 0. The predicted octanol–water partition coefficient (Wildman–Crippen LogP) is 1.50. The maximum atomic E-state index is 11.8. The third-order valence-electron chi connectivity index (χ3n) is 2.36. The lowest BCUT2D eigenvalue weighted by Gasteiger charge is -2.07. The highest BCUT2D eigenvalue weighted by molar-refractivity contribution is 7.92. The molecule has 0 aliphatic rings. The van der Waals surface area contributed by atoms with Gasteiger partial charge in [0.15, 0.2) is 6.61 Å². The lowest BCUT2D eigenvalue weighted by Crippen LogP contribution is -2.33. The van der Waals surface area contributed by atoms with E-state index in [1.54, 1.807) is 11.4 Å². The Balaban J connectivity index is 1.92. The number of rotatable bonds is 5. The van der Waals surface area contributed by atoms with Crippen LogP contribution in [0, 0.1) is 11.3 Å². The van der Waals surface area contributed by atoms with Crippen LogP contribution in [0.4, 0.5) is 0 Å². The third kappa shape index (κ3) is 4.05. The molecule has 2 rings (SSSR count). The Morgan fingerprint density at radius 3 is 2.57 bits per heavy atom.